The second-order valence-electron chi connectivity index (χ2n) is 0.554. The zero-order valence-corrected chi connectivity index (χ0v) is 3.90. The molecule has 0 spiro atoms. The molecule has 0 amide bonds. The van der Waals surface area contributed by atoms with Crippen molar-refractivity contribution in [2.75, 3.05) is 0 Å². The molecule has 46 valence electrons. The molecule has 5 heteroatoms. The van der Waals surface area contributed by atoms with Gasteiger partial charge in [-0.3, -0.25) is 0 Å². The number of halogens is 1. The minimum Gasteiger partial charge on any atom is -0.369 e. The first-order valence-corrected chi connectivity index (χ1v) is 1.06. The van der Waals surface area contributed by atoms with Gasteiger partial charge in [-0.1, -0.05) is 7.43 Å². The van der Waals surface area contributed by atoms with E-state index in [4.69, 9.17) is 11.5 Å². The lowest BCUT2D eigenvalue weighted by molar-refractivity contribution is 1.21. The second kappa shape index (κ2) is 9.03. The number of nitrogens with zero attached hydrogens (tertiary/aromatic N) is 1. The standard InChI is InChI=1S/CH6N4.CH4.ClH/c2-1(3)5-4;;/h4H2,(H4,2,3,5);1H4;1H. The minimum absolute atomic E-state index is 0. The number of hydrogen-bond donors (Lipinski definition) is 3. The summed E-state index contributed by atoms with van der Waals surface area (Å²) in [5.41, 5.74) is 9.39. The van der Waals surface area contributed by atoms with E-state index in [1.807, 2.05) is 0 Å². The zero-order chi connectivity index (χ0) is 4.28. The van der Waals surface area contributed by atoms with Gasteiger partial charge in [0.05, 0.1) is 0 Å². The molecule has 0 aliphatic carbocycles. The maximum Gasteiger partial charge on any atom is 0.208 e. The van der Waals surface area contributed by atoms with Gasteiger partial charge in [-0.25, -0.2) is 0 Å². The Morgan fingerprint density at radius 2 is 1.43 bits per heavy atom. The van der Waals surface area contributed by atoms with Crippen LogP contribution < -0.4 is 17.3 Å². The van der Waals surface area contributed by atoms with E-state index in [1.165, 1.54) is 0 Å². The summed E-state index contributed by atoms with van der Waals surface area (Å²) in [4.78, 5) is 0. The monoisotopic (exact) mass is 126 g/mol. The lowest BCUT2D eigenvalue weighted by atomic mass is 11.1. The van der Waals surface area contributed by atoms with E-state index in [2.05, 4.69) is 10.9 Å². The molecule has 0 atom stereocenters. The SMILES string of the molecule is C.Cl.NN=C(N)N. The van der Waals surface area contributed by atoms with Crippen molar-refractivity contribution in [2.24, 2.45) is 22.4 Å². The van der Waals surface area contributed by atoms with E-state index in [0.29, 0.717) is 0 Å². The van der Waals surface area contributed by atoms with Gasteiger partial charge >= 0.3 is 0 Å². The first kappa shape index (κ1) is 16.2. The van der Waals surface area contributed by atoms with Crippen LogP contribution in [-0.2, 0) is 0 Å². The summed E-state index contributed by atoms with van der Waals surface area (Å²) < 4.78 is 0. The summed E-state index contributed by atoms with van der Waals surface area (Å²) in [5.74, 6) is 4.42. The van der Waals surface area contributed by atoms with Gasteiger partial charge in [-0.05, 0) is 0 Å². The third-order valence-electron chi connectivity index (χ3n) is 0.149. The fourth-order valence-corrected chi connectivity index (χ4v) is 0. The van der Waals surface area contributed by atoms with Crippen molar-refractivity contribution < 1.29 is 0 Å². The predicted molar refractivity (Wildman–Crippen MR) is 34.0 cm³/mol. The predicted octanol–water partition coefficient (Wildman–Crippen LogP) is -0.809. The summed E-state index contributed by atoms with van der Waals surface area (Å²) in [7, 11) is 0. The van der Waals surface area contributed by atoms with Crippen molar-refractivity contribution in [3.8, 4) is 0 Å². The molecular formula is C2H11ClN4. The largest absolute Gasteiger partial charge is 0.369 e. The van der Waals surface area contributed by atoms with Crippen LogP contribution in [0.2, 0.25) is 0 Å². The van der Waals surface area contributed by atoms with Crippen LogP contribution in [0.25, 0.3) is 0 Å². The minimum atomic E-state index is -0.0926. The Kier molecular flexibility index (Phi) is 20.9. The number of rotatable bonds is 0. The molecule has 0 aromatic carbocycles. The van der Waals surface area contributed by atoms with Gasteiger partial charge in [0.15, 0.2) is 0 Å². The van der Waals surface area contributed by atoms with Gasteiger partial charge in [0.2, 0.25) is 5.96 Å². The van der Waals surface area contributed by atoms with Crippen LogP contribution in [0.3, 0.4) is 0 Å². The van der Waals surface area contributed by atoms with E-state index in [9.17, 15) is 0 Å². The first-order chi connectivity index (χ1) is 2.27. The summed E-state index contributed by atoms with van der Waals surface area (Å²) in [5, 5.41) is 2.86. The Morgan fingerprint density at radius 3 is 1.43 bits per heavy atom. The molecule has 0 saturated carbocycles. The summed E-state index contributed by atoms with van der Waals surface area (Å²) >= 11 is 0. The van der Waals surface area contributed by atoms with Crippen LogP contribution in [0.15, 0.2) is 5.10 Å². The fraction of sp³-hybridized carbons (Fsp3) is 0.500. The van der Waals surface area contributed by atoms with Crippen molar-refractivity contribution in [2.45, 2.75) is 7.43 Å². The average Bonchev–Trinajstić information content (AvgIpc) is 1.38. The van der Waals surface area contributed by atoms with Crippen LogP contribution in [0, 0.1) is 0 Å². The summed E-state index contributed by atoms with van der Waals surface area (Å²) in [6, 6.07) is 0. The van der Waals surface area contributed by atoms with Gasteiger partial charge in [0.1, 0.15) is 0 Å². The highest BCUT2D eigenvalue weighted by Gasteiger charge is 1.62. The van der Waals surface area contributed by atoms with Crippen LogP contribution >= 0.6 is 12.4 Å². The van der Waals surface area contributed by atoms with E-state index >= 15 is 0 Å². The number of hydrogen-bond acceptors (Lipinski definition) is 2. The maximum absolute atomic E-state index is 4.69. The van der Waals surface area contributed by atoms with Crippen molar-refractivity contribution >= 4 is 18.4 Å². The molecule has 0 radical (unpaired) electrons. The molecule has 0 heterocycles. The van der Waals surface area contributed by atoms with Gasteiger partial charge in [-0.2, -0.15) is 0 Å². The zero-order valence-electron chi connectivity index (χ0n) is 3.09. The molecular weight excluding hydrogens is 116 g/mol. The lowest BCUT2D eigenvalue weighted by Gasteiger charge is -1.76. The van der Waals surface area contributed by atoms with Crippen molar-refractivity contribution in [1.29, 1.82) is 0 Å². The van der Waals surface area contributed by atoms with Crippen LogP contribution in [0.1, 0.15) is 7.43 Å². The number of nitrogens with two attached hydrogens (primary N) is 3. The van der Waals surface area contributed by atoms with Gasteiger partial charge in [0.25, 0.3) is 0 Å². The average molecular weight is 127 g/mol. The van der Waals surface area contributed by atoms with Gasteiger partial charge < -0.3 is 17.3 Å². The number of guanidine groups is 1. The Bertz CT molecular complexity index is 47.7. The highest BCUT2D eigenvalue weighted by molar-refractivity contribution is 5.85. The molecule has 4 nitrogen and oxygen atoms in total. The molecule has 0 aromatic heterocycles. The highest BCUT2D eigenvalue weighted by Crippen LogP contribution is 1.31. The Labute approximate surface area is 49.1 Å². The van der Waals surface area contributed by atoms with Crippen LogP contribution in [0.5, 0.6) is 0 Å². The lowest BCUT2D eigenvalue weighted by Crippen LogP contribution is -2.23. The molecule has 0 rings (SSSR count). The second-order valence-corrected chi connectivity index (χ2v) is 0.554. The fourth-order valence-electron chi connectivity index (χ4n) is 0. The molecule has 7 heavy (non-hydrogen) atoms. The van der Waals surface area contributed by atoms with Gasteiger partial charge in [0, 0.05) is 0 Å². The van der Waals surface area contributed by atoms with E-state index in [-0.39, 0.29) is 25.8 Å². The van der Waals surface area contributed by atoms with E-state index < -0.39 is 0 Å². The highest BCUT2D eigenvalue weighted by atomic mass is 35.5. The van der Waals surface area contributed by atoms with Crippen LogP contribution in [-0.4, -0.2) is 5.96 Å². The molecule has 0 unspecified atom stereocenters. The van der Waals surface area contributed by atoms with Gasteiger partial charge in [-0.15, -0.1) is 17.5 Å². The van der Waals surface area contributed by atoms with Crippen LogP contribution in [0.4, 0.5) is 0 Å². The maximum atomic E-state index is 4.69. The Balaban J connectivity index is -0.0000000800. The topological polar surface area (TPSA) is 90.4 Å². The smallest absolute Gasteiger partial charge is 0.208 e. The van der Waals surface area contributed by atoms with Crippen molar-refractivity contribution in [1.82, 2.24) is 0 Å². The molecule has 0 aliphatic rings. The normalized spacial score (nSPS) is 4.57. The quantitative estimate of drug-likeness (QED) is 0.172. The summed E-state index contributed by atoms with van der Waals surface area (Å²) in [6.07, 6.45) is 0. The molecule has 0 fully saturated rings. The summed E-state index contributed by atoms with van der Waals surface area (Å²) in [6.45, 7) is 0. The Morgan fingerprint density at radius 1 is 1.29 bits per heavy atom. The van der Waals surface area contributed by atoms with Crippen molar-refractivity contribution in [3.63, 3.8) is 0 Å². The van der Waals surface area contributed by atoms with E-state index in [0.717, 1.165) is 0 Å². The van der Waals surface area contributed by atoms with E-state index in [1.54, 1.807) is 0 Å². The number of hydrazone groups is 1. The molecule has 6 N–H and O–H groups in total. The molecule has 0 aromatic rings. The molecule has 0 bridgehead atoms. The van der Waals surface area contributed by atoms with Crippen molar-refractivity contribution in [3.05, 3.63) is 0 Å². The molecule has 0 saturated heterocycles. The first-order valence-electron chi connectivity index (χ1n) is 1.06. The molecule has 0 aliphatic heterocycles. The third kappa shape index (κ3) is 32.7. The third-order valence-corrected chi connectivity index (χ3v) is 0.149. The Hall–Kier alpha value is -0.640.